The Morgan fingerprint density at radius 2 is 1.86 bits per heavy atom. The van der Waals surface area contributed by atoms with E-state index in [1.165, 1.54) is 31.6 Å². The molecular weight excluding hydrogens is 378 g/mol. The van der Waals surface area contributed by atoms with Crippen LogP contribution in [0.25, 0.3) is 0 Å². The average molecular weight is 397 g/mol. The van der Waals surface area contributed by atoms with Crippen LogP contribution in [-0.2, 0) is 9.84 Å². The van der Waals surface area contributed by atoms with E-state index in [1.807, 2.05) is 0 Å². The molecule has 2 aromatic heterocycles. The molecule has 1 atom stereocenters. The van der Waals surface area contributed by atoms with Crippen molar-refractivity contribution in [3.8, 4) is 5.75 Å². The van der Waals surface area contributed by atoms with Crippen molar-refractivity contribution in [1.29, 1.82) is 0 Å². The molecule has 1 N–H and O–H groups in total. The highest BCUT2D eigenvalue weighted by molar-refractivity contribution is 7.91. The molecule has 1 unspecified atom stereocenters. The number of ether oxygens (including phenoxy) is 1. The quantitative estimate of drug-likeness (QED) is 0.657. The SMILES string of the molecule is COc1ccc(S(=O)(=O)C(CNC(=O)c2ccccn2)c2cccnc2)cc1. The summed E-state index contributed by atoms with van der Waals surface area (Å²) in [6.45, 7) is -0.116. The van der Waals surface area contributed by atoms with Crippen molar-refractivity contribution < 1.29 is 17.9 Å². The highest BCUT2D eigenvalue weighted by atomic mass is 32.2. The number of sulfone groups is 1. The van der Waals surface area contributed by atoms with Gasteiger partial charge in [0.1, 0.15) is 16.7 Å². The zero-order chi connectivity index (χ0) is 20.0. The summed E-state index contributed by atoms with van der Waals surface area (Å²) in [5, 5.41) is 1.66. The van der Waals surface area contributed by atoms with E-state index in [1.54, 1.807) is 48.7 Å². The first kappa shape index (κ1) is 19.5. The van der Waals surface area contributed by atoms with Crippen molar-refractivity contribution in [2.24, 2.45) is 0 Å². The molecular formula is C20H19N3O4S. The predicted molar refractivity (Wildman–Crippen MR) is 104 cm³/mol. The molecule has 0 bridgehead atoms. The Labute approximate surface area is 163 Å². The number of hydrogen-bond acceptors (Lipinski definition) is 6. The number of methoxy groups -OCH3 is 1. The smallest absolute Gasteiger partial charge is 0.269 e. The van der Waals surface area contributed by atoms with Gasteiger partial charge in [-0.05, 0) is 48.0 Å². The van der Waals surface area contributed by atoms with E-state index >= 15 is 0 Å². The van der Waals surface area contributed by atoms with Gasteiger partial charge in [0.2, 0.25) is 0 Å². The highest BCUT2D eigenvalue weighted by Gasteiger charge is 2.30. The number of carbonyl (C=O) groups excluding carboxylic acids is 1. The van der Waals surface area contributed by atoms with Gasteiger partial charge < -0.3 is 10.1 Å². The van der Waals surface area contributed by atoms with Crippen LogP contribution >= 0.6 is 0 Å². The predicted octanol–water partition coefficient (Wildman–Crippen LogP) is 2.43. The summed E-state index contributed by atoms with van der Waals surface area (Å²) >= 11 is 0. The Bertz CT molecular complexity index is 1020. The van der Waals surface area contributed by atoms with Crippen LogP contribution in [0.1, 0.15) is 21.3 Å². The number of nitrogens with one attached hydrogen (secondary N) is 1. The molecule has 0 fully saturated rings. The lowest BCUT2D eigenvalue weighted by Gasteiger charge is -2.19. The van der Waals surface area contributed by atoms with Gasteiger partial charge in [-0.1, -0.05) is 12.1 Å². The minimum absolute atomic E-state index is 0.116. The van der Waals surface area contributed by atoms with Crippen LogP contribution in [0, 0.1) is 0 Å². The second kappa shape index (κ2) is 8.62. The maximum absolute atomic E-state index is 13.2. The Balaban J connectivity index is 1.89. The fourth-order valence-corrected chi connectivity index (χ4v) is 4.32. The maximum atomic E-state index is 13.2. The third kappa shape index (κ3) is 4.34. The van der Waals surface area contributed by atoms with E-state index in [0.29, 0.717) is 11.3 Å². The van der Waals surface area contributed by atoms with Gasteiger partial charge in [-0.15, -0.1) is 0 Å². The number of pyridine rings is 2. The van der Waals surface area contributed by atoms with Gasteiger partial charge in [0.25, 0.3) is 5.91 Å². The number of benzene rings is 1. The van der Waals surface area contributed by atoms with Gasteiger partial charge >= 0.3 is 0 Å². The van der Waals surface area contributed by atoms with Crippen molar-refractivity contribution in [3.05, 3.63) is 84.4 Å². The summed E-state index contributed by atoms with van der Waals surface area (Å²) in [5.41, 5.74) is 0.703. The minimum atomic E-state index is -3.79. The fourth-order valence-electron chi connectivity index (χ4n) is 2.68. The molecule has 28 heavy (non-hydrogen) atoms. The minimum Gasteiger partial charge on any atom is -0.497 e. The van der Waals surface area contributed by atoms with Crippen LogP contribution in [-0.4, -0.2) is 37.9 Å². The molecule has 0 saturated heterocycles. The third-order valence-corrected chi connectivity index (χ3v) is 6.28. The second-order valence-electron chi connectivity index (χ2n) is 5.92. The van der Waals surface area contributed by atoms with Gasteiger partial charge in [-0.25, -0.2) is 8.42 Å². The van der Waals surface area contributed by atoms with E-state index in [4.69, 9.17) is 4.74 Å². The molecule has 3 aromatic rings. The molecule has 0 spiro atoms. The largest absolute Gasteiger partial charge is 0.497 e. The molecule has 0 aliphatic carbocycles. The summed E-state index contributed by atoms with van der Waals surface area (Å²) in [5.74, 6) is 0.111. The van der Waals surface area contributed by atoms with Crippen molar-refractivity contribution in [2.75, 3.05) is 13.7 Å². The summed E-state index contributed by atoms with van der Waals surface area (Å²) < 4.78 is 31.6. The molecule has 8 heteroatoms. The van der Waals surface area contributed by atoms with Crippen LogP contribution in [0.5, 0.6) is 5.75 Å². The fraction of sp³-hybridized carbons (Fsp3) is 0.150. The second-order valence-corrected chi connectivity index (χ2v) is 8.05. The van der Waals surface area contributed by atoms with Crippen LogP contribution in [0.15, 0.2) is 78.1 Å². The number of amides is 1. The van der Waals surface area contributed by atoms with Crippen LogP contribution in [0.4, 0.5) is 0 Å². The first-order valence-corrected chi connectivity index (χ1v) is 10.0. The van der Waals surface area contributed by atoms with Crippen molar-refractivity contribution in [2.45, 2.75) is 10.1 Å². The maximum Gasteiger partial charge on any atom is 0.269 e. The highest BCUT2D eigenvalue weighted by Crippen LogP contribution is 2.29. The van der Waals surface area contributed by atoms with Crippen molar-refractivity contribution in [1.82, 2.24) is 15.3 Å². The molecule has 7 nitrogen and oxygen atoms in total. The Morgan fingerprint density at radius 3 is 2.46 bits per heavy atom. The van der Waals surface area contributed by atoms with Gasteiger partial charge in [0, 0.05) is 25.1 Å². The Hall–Kier alpha value is -3.26. The van der Waals surface area contributed by atoms with Crippen LogP contribution < -0.4 is 10.1 Å². The van der Waals surface area contributed by atoms with Gasteiger partial charge in [-0.3, -0.25) is 14.8 Å². The third-order valence-electron chi connectivity index (χ3n) is 4.16. The lowest BCUT2D eigenvalue weighted by molar-refractivity contribution is 0.0948. The topological polar surface area (TPSA) is 98.2 Å². The number of rotatable bonds is 7. The molecule has 144 valence electrons. The molecule has 3 rings (SSSR count). The normalized spacial score (nSPS) is 12.2. The standard InChI is InChI=1S/C20H19N3O4S/c1-27-16-7-9-17(10-8-16)28(25,26)19(15-5-4-11-21-13-15)14-23-20(24)18-6-2-3-12-22-18/h2-13,19H,14H2,1H3,(H,23,24). The number of aromatic nitrogens is 2. The summed E-state index contributed by atoms with van der Waals surface area (Å²) in [4.78, 5) is 20.5. The van der Waals surface area contributed by atoms with Gasteiger partial charge in [-0.2, -0.15) is 0 Å². The van der Waals surface area contributed by atoms with E-state index in [-0.39, 0.29) is 17.1 Å². The van der Waals surface area contributed by atoms with E-state index in [9.17, 15) is 13.2 Å². The molecule has 0 radical (unpaired) electrons. The molecule has 0 aliphatic rings. The zero-order valence-electron chi connectivity index (χ0n) is 15.1. The van der Waals surface area contributed by atoms with Crippen LogP contribution in [0.3, 0.4) is 0 Å². The van der Waals surface area contributed by atoms with Crippen molar-refractivity contribution >= 4 is 15.7 Å². The van der Waals surface area contributed by atoms with E-state index in [0.717, 1.165) is 0 Å². The zero-order valence-corrected chi connectivity index (χ0v) is 16.0. The first-order valence-electron chi connectivity index (χ1n) is 8.49. The Morgan fingerprint density at radius 1 is 1.07 bits per heavy atom. The number of hydrogen-bond donors (Lipinski definition) is 1. The van der Waals surface area contributed by atoms with Crippen LogP contribution in [0.2, 0.25) is 0 Å². The average Bonchev–Trinajstić information content (AvgIpc) is 2.75. The number of carbonyl (C=O) groups is 1. The summed E-state index contributed by atoms with van der Waals surface area (Å²) in [6, 6.07) is 14.4. The monoisotopic (exact) mass is 397 g/mol. The van der Waals surface area contributed by atoms with Crippen molar-refractivity contribution in [3.63, 3.8) is 0 Å². The Kier molecular flexibility index (Phi) is 6.00. The molecule has 0 aliphatic heterocycles. The lowest BCUT2D eigenvalue weighted by atomic mass is 10.2. The lowest BCUT2D eigenvalue weighted by Crippen LogP contribution is -2.32. The molecule has 0 saturated carbocycles. The van der Waals surface area contributed by atoms with Gasteiger partial charge in [0.15, 0.2) is 9.84 Å². The number of nitrogens with zero attached hydrogens (tertiary/aromatic N) is 2. The molecule has 1 aromatic carbocycles. The first-order chi connectivity index (χ1) is 13.5. The molecule has 2 heterocycles. The van der Waals surface area contributed by atoms with E-state index < -0.39 is 21.0 Å². The summed E-state index contributed by atoms with van der Waals surface area (Å²) in [7, 11) is -2.28. The van der Waals surface area contributed by atoms with Gasteiger partial charge in [0.05, 0.1) is 12.0 Å². The van der Waals surface area contributed by atoms with E-state index in [2.05, 4.69) is 15.3 Å². The summed E-state index contributed by atoms with van der Waals surface area (Å²) in [6.07, 6.45) is 4.55. The molecule has 1 amide bonds.